The van der Waals surface area contributed by atoms with Crippen LogP contribution in [0.4, 0.5) is 0 Å². The molecule has 0 spiro atoms. The summed E-state index contributed by atoms with van der Waals surface area (Å²) in [6.45, 7) is 8.55. The van der Waals surface area contributed by atoms with Crippen molar-refractivity contribution in [3.8, 4) is 0 Å². The van der Waals surface area contributed by atoms with Gasteiger partial charge in [0.05, 0.1) is 0 Å². The highest BCUT2D eigenvalue weighted by molar-refractivity contribution is 5.24. The molecule has 3 heteroatoms. The van der Waals surface area contributed by atoms with E-state index in [-0.39, 0.29) is 6.04 Å². The van der Waals surface area contributed by atoms with Crippen LogP contribution in [0.1, 0.15) is 30.5 Å². The third-order valence-corrected chi connectivity index (χ3v) is 3.36. The van der Waals surface area contributed by atoms with Crippen LogP contribution in [0.5, 0.6) is 0 Å². The molecule has 0 fully saturated rings. The van der Waals surface area contributed by atoms with Gasteiger partial charge in [-0.3, -0.25) is 0 Å². The number of rotatable bonds is 8. The molecule has 0 saturated heterocycles. The molecule has 19 heavy (non-hydrogen) atoms. The predicted octanol–water partition coefficient (Wildman–Crippen LogP) is 2.27. The topological polar surface area (TPSA) is 32.5 Å². The minimum Gasteiger partial charge on any atom is -0.323 e. The molecule has 1 rings (SSSR count). The largest absolute Gasteiger partial charge is 0.323 e. The molecule has 0 aliphatic rings. The number of benzene rings is 1. The second-order valence-corrected chi connectivity index (χ2v) is 5.62. The zero-order valence-corrected chi connectivity index (χ0v) is 12.9. The van der Waals surface area contributed by atoms with Gasteiger partial charge >= 0.3 is 0 Å². The predicted molar refractivity (Wildman–Crippen MR) is 83.4 cm³/mol. The van der Waals surface area contributed by atoms with Crippen LogP contribution in [0.25, 0.3) is 0 Å². The van der Waals surface area contributed by atoms with Crippen molar-refractivity contribution in [3.63, 3.8) is 0 Å². The van der Waals surface area contributed by atoms with Crippen LogP contribution in [-0.2, 0) is 0 Å². The molecule has 1 aromatic carbocycles. The van der Waals surface area contributed by atoms with Crippen molar-refractivity contribution in [2.45, 2.75) is 26.3 Å². The Balaban J connectivity index is 2.54. The van der Waals surface area contributed by atoms with Crippen molar-refractivity contribution in [1.29, 1.82) is 0 Å². The van der Waals surface area contributed by atoms with Crippen molar-refractivity contribution in [2.75, 3.05) is 40.3 Å². The summed E-state index contributed by atoms with van der Waals surface area (Å²) in [5.41, 5.74) is 8.85. The fraction of sp³-hybridized carbons (Fsp3) is 0.625. The van der Waals surface area contributed by atoms with Gasteiger partial charge in [-0.05, 0) is 39.5 Å². The van der Waals surface area contributed by atoms with Gasteiger partial charge in [-0.1, -0.05) is 36.8 Å². The monoisotopic (exact) mass is 263 g/mol. The number of hydrogen-bond acceptors (Lipinski definition) is 3. The van der Waals surface area contributed by atoms with Crippen LogP contribution in [0.15, 0.2) is 24.3 Å². The van der Waals surface area contributed by atoms with E-state index < -0.39 is 0 Å². The fourth-order valence-corrected chi connectivity index (χ4v) is 2.15. The van der Waals surface area contributed by atoms with Crippen LogP contribution in [0.3, 0.4) is 0 Å². The summed E-state index contributed by atoms with van der Waals surface area (Å²) < 4.78 is 0. The Morgan fingerprint density at radius 3 is 2.21 bits per heavy atom. The van der Waals surface area contributed by atoms with Crippen molar-refractivity contribution in [3.05, 3.63) is 35.4 Å². The summed E-state index contributed by atoms with van der Waals surface area (Å²) in [6.07, 6.45) is 1.17. The standard InChI is InChI=1S/C16H29N3/c1-5-10-19(12-11-18(3)4)13-16(17)15-8-6-14(2)7-9-15/h6-9,16H,5,10-13,17H2,1-4H3. The molecule has 0 amide bonds. The van der Waals surface area contributed by atoms with E-state index in [0.717, 1.165) is 26.2 Å². The van der Waals surface area contributed by atoms with Gasteiger partial charge in [0.2, 0.25) is 0 Å². The first kappa shape index (κ1) is 16.2. The summed E-state index contributed by atoms with van der Waals surface area (Å²) >= 11 is 0. The van der Waals surface area contributed by atoms with Gasteiger partial charge in [0.15, 0.2) is 0 Å². The summed E-state index contributed by atoms with van der Waals surface area (Å²) in [4.78, 5) is 4.69. The molecule has 0 radical (unpaired) electrons. The molecule has 1 atom stereocenters. The Morgan fingerprint density at radius 1 is 1.05 bits per heavy atom. The first-order chi connectivity index (χ1) is 9.02. The van der Waals surface area contributed by atoms with Crippen molar-refractivity contribution >= 4 is 0 Å². The lowest BCUT2D eigenvalue weighted by atomic mass is 10.1. The minimum atomic E-state index is 0.106. The molecule has 0 saturated carbocycles. The summed E-state index contributed by atoms with van der Waals surface area (Å²) in [5, 5.41) is 0. The lowest BCUT2D eigenvalue weighted by molar-refractivity contribution is 0.229. The van der Waals surface area contributed by atoms with Crippen LogP contribution in [0.2, 0.25) is 0 Å². The van der Waals surface area contributed by atoms with E-state index in [1.54, 1.807) is 0 Å². The summed E-state index contributed by atoms with van der Waals surface area (Å²) in [5.74, 6) is 0. The zero-order valence-electron chi connectivity index (χ0n) is 12.9. The first-order valence-corrected chi connectivity index (χ1v) is 7.22. The summed E-state index contributed by atoms with van der Waals surface area (Å²) in [7, 11) is 4.23. The number of nitrogens with zero attached hydrogens (tertiary/aromatic N) is 2. The van der Waals surface area contributed by atoms with E-state index in [4.69, 9.17) is 5.73 Å². The second kappa shape index (κ2) is 8.31. The van der Waals surface area contributed by atoms with Gasteiger partial charge in [-0.2, -0.15) is 0 Å². The fourth-order valence-electron chi connectivity index (χ4n) is 2.15. The highest BCUT2D eigenvalue weighted by Gasteiger charge is 2.11. The second-order valence-electron chi connectivity index (χ2n) is 5.62. The number of nitrogens with two attached hydrogens (primary N) is 1. The zero-order chi connectivity index (χ0) is 14.3. The van der Waals surface area contributed by atoms with Crippen LogP contribution in [0, 0.1) is 6.92 Å². The molecule has 1 aromatic rings. The maximum atomic E-state index is 6.33. The quantitative estimate of drug-likeness (QED) is 0.781. The van der Waals surface area contributed by atoms with Crippen LogP contribution in [-0.4, -0.2) is 50.1 Å². The van der Waals surface area contributed by atoms with Crippen molar-refractivity contribution in [2.24, 2.45) is 5.73 Å². The Kier molecular flexibility index (Phi) is 7.06. The number of aryl methyl sites for hydroxylation is 1. The Bertz CT molecular complexity index is 346. The molecule has 1 unspecified atom stereocenters. The highest BCUT2D eigenvalue weighted by atomic mass is 15.2. The van der Waals surface area contributed by atoms with E-state index in [9.17, 15) is 0 Å². The van der Waals surface area contributed by atoms with Crippen molar-refractivity contribution in [1.82, 2.24) is 9.80 Å². The molecule has 0 bridgehead atoms. The van der Waals surface area contributed by atoms with Gasteiger partial charge in [-0.25, -0.2) is 0 Å². The maximum Gasteiger partial charge on any atom is 0.0424 e. The van der Waals surface area contributed by atoms with E-state index in [2.05, 4.69) is 62.0 Å². The maximum absolute atomic E-state index is 6.33. The molecule has 0 aliphatic heterocycles. The van der Waals surface area contributed by atoms with E-state index in [0.29, 0.717) is 0 Å². The Hall–Kier alpha value is -0.900. The van der Waals surface area contributed by atoms with E-state index in [1.807, 2.05) is 0 Å². The molecule has 0 aliphatic carbocycles. The minimum absolute atomic E-state index is 0.106. The van der Waals surface area contributed by atoms with Gasteiger partial charge in [0, 0.05) is 25.7 Å². The van der Waals surface area contributed by atoms with Gasteiger partial charge in [0.25, 0.3) is 0 Å². The molecule has 108 valence electrons. The molecular weight excluding hydrogens is 234 g/mol. The molecule has 0 aromatic heterocycles. The third kappa shape index (κ3) is 6.19. The highest BCUT2D eigenvalue weighted by Crippen LogP contribution is 2.13. The molecule has 2 N–H and O–H groups in total. The Morgan fingerprint density at radius 2 is 1.68 bits per heavy atom. The molecular formula is C16H29N3. The van der Waals surface area contributed by atoms with Crippen molar-refractivity contribution < 1.29 is 0 Å². The Labute approximate surface area is 118 Å². The van der Waals surface area contributed by atoms with Crippen LogP contribution < -0.4 is 5.73 Å². The molecule has 0 heterocycles. The van der Waals surface area contributed by atoms with Gasteiger partial charge in [0.1, 0.15) is 0 Å². The van der Waals surface area contributed by atoms with Gasteiger partial charge in [-0.15, -0.1) is 0 Å². The van der Waals surface area contributed by atoms with Crippen LogP contribution >= 0.6 is 0 Å². The SMILES string of the molecule is CCCN(CCN(C)C)CC(N)c1ccc(C)cc1. The number of hydrogen-bond donors (Lipinski definition) is 1. The average molecular weight is 263 g/mol. The lowest BCUT2D eigenvalue weighted by Crippen LogP contribution is -2.37. The smallest absolute Gasteiger partial charge is 0.0424 e. The lowest BCUT2D eigenvalue weighted by Gasteiger charge is -2.26. The molecule has 3 nitrogen and oxygen atoms in total. The van der Waals surface area contributed by atoms with Gasteiger partial charge < -0.3 is 15.5 Å². The number of likely N-dealkylation sites (N-methyl/N-ethyl adjacent to an activating group) is 1. The first-order valence-electron chi connectivity index (χ1n) is 7.22. The average Bonchev–Trinajstić information content (AvgIpc) is 2.37. The normalized spacial score (nSPS) is 13.2. The van der Waals surface area contributed by atoms with E-state index >= 15 is 0 Å². The third-order valence-electron chi connectivity index (χ3n) is 3.36. The summed E-state index contributed by atoms with van der Waals surface area (Å²) in [6, 6.07) is 8.68. The van der Waals surface area contributed by atoms with E-state index in [1.165, 1.54) is 17.5 Å².